The number of piperidine rings is 1. The Labute approximate surface area is 118 Å². The first-order chi connectivity index (χ1) is 9.73. The van der Waals surface area contributed by atoms with Crippen LogP contribution in [0.4, 0.5) is 4.79 Å². The highest BCUT2D eigenvalue weighted by atomic mass is 16.5. The summed E-state index contributed by atoms with van der Waals surface area (Å²) in [6.45, 7) is 1.63. The zero-order valence-electron chi connectivity index (χ0n) is 11.5. The number of rotatable bonds is 1. The van der Waals surface area contributed by atoms with E-state index in [4.69, 9.17) is 4.74 Å². The minimum Gasteiger partial charge on any atom is -0.453 e. The zero-order valence-corrected chi connectivity index (χ0v) is 11.5. The largest absolute Gasteiger partial charge is 0.453 e. The molecule has 2 aromatic carbocycles. The number of nitrogens with zero attached hydrogens (tertiary/aromatic N) is 1. The molecule has 1 heterocycles. The van der Waals surface area contributed by atoms with Gasteiger partial charge in [-0.25, -0.2) is 4.79 Å². The second kappa shape index (κ2) is 3.98. The quantitative estimate of drug-likeness (QED) is 0.794. The van der Waals surface area contributed by atoms with Gasteiger partial charge in [-0.1, -0.05) is 42.5 Å². The van der Waals surface area contributed by atoms with Crippen LogP contribution < -0.4 is 0 Å². The number of fused-ring (bicyclic) bond motifs is 2. The molecule has 0 aromatic heterocycles. The lowest BCUT2D eigenvalue weighted by molar-refractivity contribution is 0.128. The van der Waals surface area contributed by atoms with Gasteiger partial charge in [0.15, 0.2) is 0 Å². The van der Waals surface area contributed by atoms with Gasteiger partial charge in [0.05, 0.1) is 7.11 Å². The molecule has 0 spiro atoms. The van der Waals surface area contributed by atoms with Crippen LogP contribution >= 0.6 is 0 Å². The van der Waals surface area contributed by atoms with E-state index in [0.29, 0.717) is 5.92 Å². The van der Waals surface area contributed by atoms with Crippen molar-refractivity contribution in [2.24, 2.45) is 5.92 Å². The Bertz CT molecular complexity index is 696. The molecule has 2 aromatic rings. The lowest BCUT2D eigenvalue weighted by Gasteiger charge is -2.20. The molecule has 1 aliphatic heterocycles. The number of hydrogen-bond acceptors (Lipinski definition) is 2. The predicted octanol–water partition coefficient (Wildman–Crippen LogP) is 3.18. The third-order valence-electron chi connectivity index (χ3n) is 4.90. The van der Waals surface area contributed by atoms with Gasteiger partial charge in [0.25, 0.3) is 0 Å². The average Bonchev–Trinajstić information content (AvgIpc) is 3.08. The summed E-state index contributed by atoms with van der Waals surface area (Å²) in [6, 6.07) is 15.1. The van der Waals surface area contributed by atoms with Gasteiger partial charge in [-0.15, -0.1) is 0 Å². The van der Waals surface area contributed by atoms with Crippen LogP contribution in [-0.2, 0) is 10.2 Å². The van der Waals surface area contributed by atoms with Gasteiger partial charge < -0.3 is 9.64 Å². The van der Waals surface area contributed by atoms with Crippen LogP contribution in [0.3, 0.4) is 0 Å². The molecule has 1 amide bonds. The SMILES string of the molecule is COC(=O)N1C[C@H]2C[C@@]2(c2ccc3ccccc3c2)C1. The molecule has 0 radical (unpaired) electrons. The van der Waals surface area contributed by atoms with Gasteiger partial charge in [0.2, 0.25) is 0 Å². The molecule has 102 valence electrons. The third-order valence-corrected chi connectivity index (χ3v) is 4.90. The maximum Gasteiger partial charge on any atom is 0.409 e. The van der Waals surface area contributed by atoms with Gasteiger partial charge in [0.1, 0.15) is 0 Å². The summed E-state index contributed by atoms with van der Waals surface area (Å²) < 4.78 is 4.84. The Hall–Kier alpha value is -2.03. The molecule has 2 aliphatic rings. The van der Waals surface area contributed by atoms with E-state index in [-0.39, 0.29) is 11.5 Å². The van der Waals surface area contributed by atoms with Gasteiger partial charge in [-0.05, 0) is 28.7 Å². The maximum atomic E-state index is 11.7. The van der Waals surface area contributed by atoms with Crippen LogP contribution in [-0.4, -0.2) is 31.2 Å². The summed E-state index contributed by atoms with van der Waals surface area (Å²) in [4.78, 5) is 13.5. The molecule has 3 heteroatoms. The minimum absolute atomic E-state index is 0.179. The average molecular weight is 267 g/mol. The number of ether oxygens (including phenoxy) is 1. The van der Waals surface area contributed by atoms with Crippen molar-refractivity contribution in [2.75, 3.05) is 20.2 Å². The second-order valence-electron chi connectivity index (χ2n) is 5.97. The fraction of sp³-hybridized carbons (Fsp3) is 0.353. The highest BCUT2D eigenvalue weighted by Crippen LogP contribution is 2.59. The molecule has 3 nitrogen and oxygen atoms in total. The molecule has 0 N–H and O–H groups in total. The number of benzene rings is 2. The molecule has 2 atom stereocenters. The van der Waals surface area contributed by atoms with Crippen molar-refractivity contribution in [1.82, 2.24) is 4.90 Å². The first kappa shape index (κ1) is 11.8. The summed E-state index contributed by atoms with van der Waals surface area (Å²) in [5.74, 6) is 0.600. The van der Waals surface area contributed by atoms with Crippen molar-refractivity contribution in [3.63, 3.8) is 0 Å². The van der Waals surface area contributed by atoms with Crippen LogP contribution in [0.15, 0.2) is 42.5 Å². The van der Waals surface area contributed by atoms with Gasteiger partial charge in [-0.3, -0.25) is 0 Å². The number of carbonyl (C=O) groups excluding carboxylic acids is 1. The Morgan fingerprint density at radius 2 is 2.05 bits per heavy atom. The highest BCUT2D eigenvalue weighted by molar-refractivity contribution is 5.83. The fourth-order valence-corrected chi connectivity index (χ4v) is 3.70. The first-order valence-electron chi connectivity index (χ1n) is 7.05. The lowest BCUT2D eigenvalue weighted by atomic mass is 9.93. The van der Waals surface area contributed by atoms with E-state index in [1.165, 1.54) is 29.9 Å². The number of amides is 1. The third kappa shape index (κ3) is 1.56. The Balaban J connectivity index is 1.69. The predicted molar refractivity (Wildman–Crippen MR) is 77.7 cm³/mol. The van der Waals surface area contributed by atoms with Crippen molar-refractivity contribution in [3.8, 4) is 0 Å². The molecule has 1 saturated carbocycles. The number of methoxy groups -OCH3 is 1. The maximum absolute atomic E-state index is 11.7. The van der Waals surface area contributed by atoms with Crippen LogP contribution in [0.2, 0.25) is 0 Å². The van der Waals surface area contributed by atoms with Crippen molar-refractivity contribution in [1.29, 1.82) is 0 Å². The topological polar surface area (TPSA) is 29.5 Å². The number of carbonyl (C=O) groups is 1. The summed E-state index contributed by atoms with van der Waals surface area (Å²) in [6.07, 6.45) is 0.996. The van der Waals surface area contributed by atoms with Crippen molar-refractivity contribution in [2.45, 2.75) is 11.8 Å². The summed E-state index contributed by atoms with van der Waals surface area (Å²) >= 11 is 0. The Morgan fingerprint density at radius 3 is 2.85 bits per heavy atom. The van der Waals surface area contributed by atoms with Crippen molar-refractivity contribution >= 4 is 16.9 Å². The van der Waals surface area contributed by atoms with E-state index < -0.39 is 0 Å². The van der Waals surface area contributed by atoms with Gasteiger partial charge in [0, 0.05) is 18.5 Å². The lowest BCUT2D eigenvalue weighted by Crippen LogP contribution is -2.32. The van der Waals surface area contributed by atoms with Crippen LogP contribution in [0.5, 0.6) is 0 Å². The molecule has 0 bridgehead atoms. The molecule has 4 rings (SSSR count). The molecule has 2 fully saturated rings. The number of hydrogen-bond donors (Lipinski definition) is 0. The van der Waals surface area contributed by atoms with Crippen molar-refractivity contribution < 1.29 is 9.53 Å². The molecule has 1 saturated heterocycles. The minimum atomic E-state index is -0.197. The summed E-state index contributed by atoms with van der Waals surface area (Å²) in [5, 5.41) is 2.55. The van der Waals surface area contributed by atoms with Crippen LogP contribution in [0.25, 0.3) is 10.8 Å². The monoisotopic (exact) mass is 267 g/mol. The molecular weight excluding hydrogens is 250 g/mol. The fourth-order valence-electron chi connectivity index (χ4n) is 3.70. The van der Waals surface area contributed by atoms with E-state index in [1.54, 1.807) is 0 Å². The van der Waals surface area contributed by atoms with E-state index in [1.807, 2.05) is 4.90 Å². The molecule has 1 aliphatic carbocycles. The van der Waals surface area contributed by atoms with E-state index in [0.717, 1.165) is 13.1 Å². The smallest absolute Gasteiger partial charge is 0.409 e. The van der Waals surface area contributed by atoms with E-state index >= 15 is 0 Å². The Kier molecular flexibility index (Phi) is 2.34. The van der Waals surface area contributed by atoms with E-state index in [2.05, 4.69) is 42.5 Å². The normalized spacial score (nSPS) is 27.4. The van der Waals surface area contributed by atoms with Gasteiger partial charge in [-0.2, -0.15) is 0 Å². The highest BCUT2D eigenvalue weighted by Gasteiger charge is 2.61. The number of likely N-dealkylation sites (tertiary alicyclic amines) is 1. The molecule has 20 heavy (non-hydrogen) atoms. The zero-order chi connectivity index (χ0) is 13.7. The van der Waals surface area contributed by atoms with Crippen LogP contribution in [0, 0.1) is 5.92 Å². The van der Waals surface area contributed by atoms with Crippen LogP contribution in [0.1, 0.15) is 12.0 Å². The molecular formula is C17H17NO2. The Morgan fingerprint density at radius 1 is 1.25 bits per heavy atom. The van der Waals surface area contributed by atoms with Crippen molar-refractivity contribution in [3.05, 3.63) is 48.0 Å². The van der Waals surface area contributed by atoms with E-state index in [9.17, 15) is 4.79 Å². The first-order valence-corrected chi connectivity index (χ1v) is 7.05. The summed E-state index contributed by atoms with van der Waals surface area (Å²) in [7, 11) is 1.45. The molecule has 0 unspecified atom stereocenters. The second-order valence-corrected chi connectivity index (χ2v) is 5.97. The summed E-state index contributed by atoms with van der Waals surface area (Å²) in [5.41, 5.74) is 1.55. The standard InChI is InChI=1S/C17H17NO2/c1-20-16(19)18-10-15-9-17(15,11-18)14-7-6-12-4-2-3-5-13(12)8-14/h2-8,15H,9-11H2,1H3/t15-,17+/m1/s1. The van der Waals surface area contributed by atoms with Gasteiger partial charge >= 0.3 is 6.09 Å².